The van der Waals surface area contributed by atoms with E-state index in [1.54, 1.807) is 7.11 Å². The molecule has 0 spiro atoms. The van der Waals surface area contributed by atoms with Crippen molar-refractivity contribution in [1.82, 2.24) is 20.4 Å². The first-order valence-corrected chi connectivity index (χ1v) is 9.69. The Hall–Kier alpha value is -2.74. The summed E-state index contributed by atoms with van der Waals surface area (Å²) in [4.78, 5) is 14.5. The molecule has 1 aromatic heterocycles. The van der Waals surface area contributed by atoms with Gasteiger partial charge in [0, 0.05) is 19.6 Å². The van der Waals surface area contributed by atoms with Gasteiger partial charge in [-0.05, 0) is 49.1 Å². The number of methoxy groups -OCH3 is 1. The van der Waals surface area contributed by atoms with Gasteiger partial charge in [0.25, 0.3) is 12.3 Å². The fourth-order valence-corrected chi connectivity index (χ4v) is 3.43. The molecule has 8 heteroatoms. The van der Waals surface area contributed by atoms with Gasteiger partial charge in [-0.25, -0.2) is 8.78 Å². The number of aromatic nitrogens is 2. The van der Waals surface area contributed by atoms with E-state index in [0.29, 0.717) is 12.5 Å². The molecule has 6 nitrogen and oxygen atoms in total. The maximum absolute atomic E-state index is 12.6. The third kappa shape index (κ3) is 6.12. The molecule has 1 atom stereocenters. The van der Waals surface area contributed by atoms with Crippen molar-refractivity contribution in [2.45, 2.75) is 19.3 Å². The summed E-state index contributed by atoms with van der Waals surface area (Å²) in [5, 5.41) is 8.65. The van der Waals surface area contributed by atoms with Gasteiger partial charge in [-0.2, -0.15) is 5.10 Å². The standard InChI is InChI=1S/C21H26F2N4O2/c1-29-17-8-6-15(7-9-17)4-2-10-27-11-3-5-16(14-27)13-24-21(28)19-12-18(20(22)23)25-26-19/h2,4,6-9,12,16,20H,3,5,10-11,13-14H2,1H3,(H,24,28)(H,25,26). The topological polar surface area (TPSA) is 70.2 Å². The number of hydrogen-bond acceptors (Lipinski definition) is 4. The van der Waals surface area contributed by atoms with Crippen LogP contribution in [0.1, 0.15) is 41.0 Å². The van der Waals surface area contributed by atoms with Crippen molar-refractivity contribution >= 4 is 12.0 Å². The Morgan fingerprint density at radius 1 is 1.41 bits per heavy atom. The number of nitrogens with one attached hydrogen (secondary N) is 2. The Kier molecular flexibility index (Phi) is 7.35. The number of hydrogen-bond donors (Lipinski definition) is 2. The zero-order valence-corrected chi connectivity index (χ0v) is 16.4. The van der Waals surface area contributed by atoms with Crippen molar-refractivity contribution in [2.75, 3.05) is 33.3 Å². The van der Waals surface area contributed by atoms with Crippen molar-refractivity contribution in [3.05, 3.63) is 53.4 Å². The van der Waals surface area contributed by atoms with E-state index in [-0.39, 0.29) is 11.4 Å². The molecule has 1 aliphatic rings. The SMILES string of the molecule is COc1ccc(C=CCN2CCCC(CNC(=O)c3cc(C(F)F)[nH]n3)C2)cc1. The van der Waals surface area contributed by atoms with E-state index in [1.165, 1.54) is 0 Å². The zero-order chi connectivity index (χ0) is 20.6. The molecule has 1 amide bonds. The predicted octanol–water partition coefficient (Wildman–Crippen LogP) is 3.51. The van der Waals surface area contributed by atoms with Gasteiger partial charge in [0.2, 0.25) is 0 Å². The van der Waals surface area contributed by atoms with Crippen molar-refractivity contribution in [3.63, 3.8) is 0 Å². The van der Waals surface area contributed by atoms with Gasteiger partial charge in [-0.15, -0.1) is 0 Å². The molecule has 2 aromatic rings. The number of carbonyl (C=O) groups is 1. The van der Waals surface area contributed by atoms with Gasteiger partial charge >= 0.3 is 0 Å². The number of benzene rings is 1. The van der Waals surface area contributed by atoms with Gasteiger partial charge in [-0.3, -0.25) is 14.8 Å². The fourth-order valence-electron chi connectivity index (χ4n) is 3.43. The van der Waals surface area contributed by atoms with Crippen LogP contribution in [0.2, 0.25) is 0 Å². The summed E-state index contributed by atoms with van der Waals surface area (Å²) < 4.78 is 30.3. The smallest absolute Gasteiger partial charge is 0.279 e. The highest BCUT2D eigenvalue weighted by atomic mass is 19.3. The summed E-state index contributed by atoms with van der Waals surface area (Å²) in [6.45, 7) is 3.26. The van der Waals surface area contributed by atoms with Gasteiger partial charge in [0.05, 0.1) is 7.11 Å². The van der Waals surface area contributed by atoms with E-state index in [4.69, 9.17) is 4.74 Å². The quantitative estimate of drug-likeness (QED) is 0.706. The van der Waals surface area contributed by atoms with Crippen LogP contribution in [0.4, 0.5) is 8.78 Å². The van der Waals surface area contributed by atoms with E-state index < -0.39 is 12.3 Å². The Morgan fingerprint density at radius 2 is 2.21 bits per heavy atom. The number of rotatable bonds is 8. The molecular weight excluding hydrogens is 378 g/mol. The Morgan fingerprint density at radius 3 is 2.90 bits per heavy atom. The summed E-state index contributed by atoms with van der Waals surface area (Å²) in [6, 6.07) is 8.99. The number of halogens is 2. The molecule has 1 fully saturated rings. The molecule has 29 heavy (non-hydrogen) atoms. The second-order valence-electron chi connectivity index (χ2n) is 7.16. The number of H-pyrrole nitrogens is 1. The molecule has 156 valence electrons. The predicted molar refractivity (Wildman–Crippen MR) is 107 cm³/mol. The maximum Gasteiger partial charge on any atom is 0.279 e. The first kappa shape index (κ1) is 21.0. The average Bonchev–Trinajstić information content (AvgIpc) is 3.24. The fraction of sp³-hybridized carbons (Fsp3) is 0.429. The molecule has 3 rings (SSSR count). The maximum atomic E-state index is 12.6. The van der Waals surface area contributed by atoms with Crippen molar-refractivity contribution in [3.8, 4) is 5.75 Å². The monoisotopic (exact) mass is 404 g/mol. The summed E-state index contributed by atoms with van der Waals surface area (Å²) in [5.41, 5.74) is 0.770. The molecule has 1 aromatic carbocycles. The number of amides is 1. The summed E-state index contributed by atoms with van der Waals surface area (Å²) in [5.74, 6) is 0.739. The summed E-state index contributed by atoms with van der Waals surface area (Å²) in [6.07, 6.45) is 3.65. The summed E-state index contributed by atoms with van der Waals surface area (Å²) in [7, 11) is 1.65. The van der Waals surface area contributed by atoms with Crippen molar-refractivity contribution in [2.24, 2.45) is 5.92 Å². The lowest BCUT2D eigenvalue weighted by Crippen LogP contribution is -2.41. The van der Waals surface area contributed by atoms with Crippen molar-refractivity contribution < 1.29 is 18.3 Å². The second kappa shape index (κ2) is 10.2. The van der Waals surface area contributed by atoms with E-state index in [2.05, 4.69) is 32.6 Å². The highest BCUT2D eigenvalue weighted by molar-refractivity contribution is 5.92. The number of nitrogens with zero attached hydrogens (tertiary/aromatic N) is 2. The lowest BCUT2D eigenvalue weighted by Gasteiger charge is -2.32. The number of piperidine rings is 1. The lowest BCUT2D eigenvalue weighted by molar-refractivity contribution is 0.0930. The van der Waals surface area contributed by atoms with Gasteiger partial charge in [-0.1, -0.05) is 24.3 Å². The second-order valence-corrected chi connectivity index (χ2v) is 7.16. The van der Waals surface area contributed by atoms with E-state index in [0.717, 1.165) is 49.9 Å². The molecule has 0 aliphatic carbocycles. The third-order valence-corrected chi connectivity index (χ3v) is 5.01. The Labute approximate surface area is 168 Å². The normalized spacial score (nSPS) is 17.7. The third-order valence-electron chi connectivity index (χ3n) is 5.01. The lowest BCUT2D eigenvalue weighted by atomic mass is 9.98. The van der Waals surface area contributed by atoms with Gasteiger partial charge in [0.1, 0.15) is 17.1 Å². The minimum absolute atomic E-state index is 0.00427. The largest absolute Gasteiger partial charge is 0.497 e. The molecule has 1 saturated heterocycles. The zero-order valence-electron chi connectivity index (χ0n) is 16.4. The molecular formula is C21H26F2N4O2. The highest BCUT2D eigenvalue weighted by Crippen LogP contribution is 2.18. The van der Waals surface area contributed by atoms with Crippen LogP contribution < -0.4 is 10.1 Å². The Balaban J connectivity index is 1.43. The van der Waals surface area contributed by atoms with E-state index >= 15 is 0 Å². The number of likely N-dealkylation sites (tertiary alicyclic amines) is 1. The first-order chi connectivity index (χ1) is 14.0. The highest BCUT2D eigenvalue weighted by Gasteiger charge is 2.21. The van der Waals surface area contributed by atoms with Crippen LogP contribution in [0.15, 0.2) is 36.4 Å². The van der Waals surface area contributed by atoms with Crippen LogP contribution in [0.5, 0.6) is 5.75 Å². The molecule has 0 radical (unpaired) electrons. The first-order valence-electron chi connectivity index (χ1n) is 9.69. The van der Waals surface area contributed by atoms with Gasteiger partial charge < -0.3 is 10.1 Å². The van der Waals surface area contributed by atoms with E-state index in [9.17, 15) is 13.6 Å². The van der Waals surface area contributed by atoms with Crippen LogP contribution in [0.3, 0.4) is 0 Å². The van der Waals surface area contributed by atoms with Crippen molar-refractivity contribution in [1.29, 1.82) is 0 Å². The number of carbonyl (C=O) groups excluding carboxylic acids is 1. The number of alkyl halides is 2. The van der Waals surface area contributed by atoms with Gasteiger partial charge in [0.15, 0.2) is 0 Å². The van der Waals surface area contributed by atoms with Crippen LogP contribution in [0, 0.1) is 5.92 Å². The molecule has 0 saturated carbocycles. The Bertz CT molecular complexity index is 820. The molecule has 2 N–H and O–H groups in total. The minimum atomic E-state index is -2.66. The molecule has 2 heterocycles. The van der Waals surface area contributed by atoms with Crippen LogP contribution in [-0.4, -0.2) is 54.3 Å². The molecule has 0 bridgehead atoms. The molecule has 1 unspecified atom stereocenters. The average molecular weight is 404 g/mol. The molecule has 1 aliphatic heterocycles. The van der Waals surface area contributed by atoms with Crippen LogP contribution >= 0.6 is 0 Å². The van der Waals surface area contributed by atoms with Crippen LogP contribution in [0.25, 0.3) is 6.08 Å². The number of ether oxygens (including phenoxy) is 1. The minimum Gasteiger partial charge on any atom is -0.497 e. The summed E-state index contributed by atoms with van der Waals surface area (Å²) >= 11 is 0. The number of aromatic amines is 1. The van der Waals surface area contributed by atoms with E-state index in [1.807, 2.05) is 24.3 Å². The van der Waals surface area contributed by atoms with Crippen LogP contribution in [-0.2, 0) is 0 Å².